The van der Waals surface area contributed by atoms with Crippen molar-refractivity contribution in [2.45, 2.75) is 32.6 Å². The Balaban J connectivity index is 1.97. The van der Waals surface area contributed by atoms with E-state index in [9.17, 15) is 0 Å². The van der Waals surface area contributed by atoms with Crippen molar-refractivity contribution in [3.05, 3.63) is 35.4 Å². The summed E-state index contributed by atoms with van der Waals surface area (Å²) < 4.78 is 0. The molecule has 0 aliphatic heterocycles. The lowest BCUT2D eigenvalue weighted by Crippen LogP contribution is -2.25. The summed E-state index contributed by atoms with van der Waals surface area (Å²) in [4.78, 5) is 0. The molecule has 0 spiro atoms. The van der Waals surface area contributed by atoms with Crippen LogP contribution >= 0.6 is 0 Å². The van der Waals surface area contributed by atoms with Crippen molar-refractivity contribution in [3.8, 4) is 0 Å². The summed E-state index contributed by atoms with van der Waals surface area (Å²) in [7, 11) is 0. The molecule has 0 saturated heterocycles. The topological polar surface area (TPSA) is 12.0 Å². The van der Waals surface area contributed by atoms with Crippen molar-refractivity contribution in [1.29, 1.82) is 0 Å². The molecule has 15 heavy (non-hydrogen) atoms. The Bertz CT molecular complexity index is 319. The molecule has 0 aromatic heterocycles. The quantitative estimate of drug-likeness (QED) is 0.742. The second-order valence-electron chi connectivity index (χ2n) is 4.66. The van der Waals surface area contributed by atoms with Crippen LogP contribution < -0.4 is 5.32 Å². The zero-order chi connectivity index (χ0) is 10.7. The summed E-state index contributed by atoms with van der Waals surface area (Å²) in [5.41, 5.74) is 3.13. The minimum Gasteiger partial charge on any atom is -0.316 e. The SMILES string of the molecule is CCCNC[C@H]1Cc2ccccc2[C@@H]1C. The second-order valence-corrected chi connectivity index (χ2v) is 4.66. The van der Waals surface area contributed by atoms with Crippen molar-refractivity contribution in [1.82, 2.24) is 5.32 Å². The van der Waals surface area contributed by atoms with Gasteiger partial charge in [-0.2, -0.15) is 0 Å². The number of benzene rings is 1. The van der Waals surface area contributed by atoms with Gasteiger partial charge in [0.1, 0.15) is 0 Å². The molecule has 0 amide bonds. The molecule has 1 N–H and O–H groups in total. The van der Waals surface area contributed by atoms with Gasteiger partial charge in [0.15, 0.2) is 0 Å². The highest BCUT2D eigenvalue weighted by atomic mass is 14.9. The Morgan fingerprint density at radius 3 is 2.87 bits per heavy atom. The maximum Gasteiger partial charge on any atom is -0.00116 e. The zero-order valence-corrected chi connectivity index (χ0v) is 9.79. The van der Waals surface area contributed by atoms with E-state index >= 15 is 0 Å². The van der Waals surface area contributed by atoms with Crippen molar-refractivity contribution in [2.75, 3.05) is 13.1 Å². The van der Waals surface area contributed by atoms with Crippen LogP contribution in [0, 0.1) is 5.92 Å². The Hall–Kier alpha value is -0.820. The summed E-state index contributed by atoms with van der Waals surface area (Å²) in [6, 6.07) is 8.90. The lowest BCUT2D eigenvalue weighted by atomic mass is 9.94. The molecule has 0 bridgehead atoms. The minimum atomic E-state index is 0.727. The largest absolute Gasteiger partial charge is 0.316 e. The zero-order valence-electron chi connectivity index (χ0n) is 9.79. The van der Waals surface area contributed by atoms with Gasteiger partial charge in [0.2, 0.25) is 0 Å². The van der Waals surface area contributed by atoms with Gasteiger partial charge in [-0.3, -0.25) is 0 Å². The molecule has 1 nitrogen and oxygen atoms in total. The maximum absolute atomic E-state index is 3.54. The number of fused-ring (bicyclic) bond motifs is 1. The molecule has 0 unspecified atom stereocenters. The first-order chi connectivity index (χ1) is 7.33. The molecule has 1 heteroatoms. The molecule has 82 valence electrons. The van der Waals surface area contributed by atoms with E-state index in [4.69, 9.17) is 0 Å². The molecule has 2 rings (SSSR count). The van der Waals surface area contributed by atoms with Crippen LogP contribution in [0.15, 0.2) is 24.3 Å². The van der Waals surface area contributed by atoms with Crippen molar-refractivity contribution in [3.63, 3.8) is 0 Å². The highest BCUT2D eigenvalue weighted by Gasteiger charge is 2.27. The predicted octanol–water partition coefficient (Wildman–Crippen LogP) is 2.96. The number of hydrogen-bond donors (Lipinski definition) is 1. The summed E-state index contributed by atoms with van der Waals surface area (Å²) in [6.45, 7) is 6.91. The van der Waals surface area contributed by atoms with Crippen LogP contribution in [0.25, 0.3) is 0 Å². The van der Waals surface area contributed by atoms with Gasteiger partial charge < -0.3 is 5.32 Å². The number of nitrogens with one attached hydrogen (secondary N) is 1. The molecule has 1 aliphatic rings. The first-order valence-corrected chi connectivity index (χ1v) is 6.11. The van der Waals surface area contributed by atoms with Crippen LogP contribution in [-0.2, 0) is 6.42 Å². The summed E-state index contributed by atoms with van der Waals surface area (Å²) in [5.74, 6) is 1.53. The van der Waals surface area contributed by atoms with Crippen LogP contribution in [-0.4, -0.2) is 13.1 Å². The summed E-state index contributed by atoms with van der Waals surface area (Å²) in [5, 5.41) is 3.54. The highest BCUT2D eigenvalue weighted by Crippen LogP contribution is 2.36. The van der Waals surface area contributed by atoms with Gasteiger partial charge in [-0.1, -0.05) is 38.1 Å². The Labute approximate surface area is 92.9 Å². The van der Waals surface area contributed by atoms with Crippen molar-refractivity contribution >= 4 is 0 Å². The molecule has 0 fully saturated rings. The molecular weight excluding hydrogens is 182 g/mol. The summed E-state index contributed by atoms with van der Waals surface area (Å²) >= 11 is 0. The normalized spacial score (nSPS) is 24.1. The van der Waals surface area contributed by atoms with E-state index in [1.165, 1.54) is 19.4 Å². The highest BCUT2D eigenvalue weighted by molar-refractivity contribution is 5.35. The third kappa shape index (κ3) is 2.23. The third-order valence-corrected chi connectivity index (χ3v) is 3.57. The van der Waals surface area contributed by atoms with E-state index in [0.29, 0.717) is 0 Å². The Kier molecular flexibility index (Phi) is 3.42. The second kappa shape index (κ2) is 4.80. The van der Waals surface area contributed by atoms with Gasteiger partial charge in [-0.05, 0) is 48.9 Å². The van der Waals surface area contributed by atoms with E-state index in [1.54, 1.807) is 11.1 Å². The average Bonchev–Trinajstić information content (AvgIpc) is 2.57. The first kappa shape index (κ1) is 10.7. The Morgan fingerprint density at radius 1 is 1.33 bits per heavy atom. The molecular formula is C14H21N. The predicted molar refractivity (Wildman–Crippen MR) is 65.2 cm³/mol. The van der Waals surface area contributed by atoms with Crippen LogP contribution in [0.2, 0.25) is 0 Å². The minimum absolute atomic E-state index is 0.727. The van der Waals surface area contributed by atoms with Gasteiger partial charge in [-0.25, -0.2) is 0 Å². The van der Waals surface area contributed by atoms with Gasteiger partial charge in [-0.15, -0.1) is 0 Å². The van der Waals surface area contributed by atoms with Crippen LogP contribution in [0.5, 0.6) is 0 Å². The fourth-order valence-corrected chi connectivity index (χ4v) is 2.59. The Morgan fingerprint density at radius 2 is 2.13 bits per heavy atom. The van der Waals surface area contributed by atoms with Gasteiger partial charge in [0.25, 0.3) is 0 Å². The van der Waals surface area contributed by atoms with E-state index in [2.05, 4.69) is 43.4 Å². The van der Waals surface area contributed by atoms with E-state index in [1.807, 2.05) is 0 Å². The van der Waals surface area contributed by atoms with Gasteiger partial charge in [0.05, 0.1) is 0 Å². The molecule has 2 atom stereocenters. The maximum atomic E-state index is 3.54. The van der Waals surface area contributed by atoms with E-state index in [0.717, 1.165) is 18.4 Å². The smallest absolute Gasteiger partial charge is 0.00116 e. The standard InChI is InChI=1S/C14H21N/c1-3-8-15-10-13-9-12-6-4-5-7-14(12)11(13)2/h4-7,11,13,15H,3,8-10H2,1-2H3/t11-,13-/m1/s1. The van der Waals surface area contributed by atoms with E-state index in [-0.39, 0.29) is 0 Å². The summed E-state index contributed by atoms with van der Waals surface area (Å²) in [6.07, 6.45) is 2.49. The lowest BCUT2D eigenvalue weighted by molar-refractivity contribution is 0.443. The molecule has 0 radical (unpaired) electrons. The third-order valence-electron chi connectivity index (χ3n) is 3.57. The lowest BCUT2D eigenvalue weighted by Gasteiger charge is -2.16. The van der Waals surface area contributed by atoms with Crippen LogP contribution in [0.3, 0.4) is 0 Å². The van der Waals surface area contributed by atoms with Crippen LogP contribution in [0.1, 0.15) is 37.3 Å². The first-order valence-electron chi connectivity index (χ1n) is 6.11. The van der Waals surface area contributed by atoms with Crippen LogP contribution in [0.4, 0.5) is 0 Å². The van der Waals surface area contributed by atoms with Crippen molar-refractivity contribution < 1.29 is 0 Å². The number of rotatable bonds is 4. The molecule has 1 aromatic rings. The van der Waals surface area contributed by atoms with Gasteiger partial charge in [0, 0.05) is 0 Å². The molecule has 1 aromatic carbocycles. The monoisotopic (exact) mass is 203 g/mol. The fourth-order valence-electron chi connectivity index (χ4n) is 2.59. The molecule has 0 saturated carbocycles. The fraction of sp³-hybridized carbons (Fsp3) is 0.571. The molecule has 1 aliphatic carbocycles. The van der Waals surface area contributed by atoms with Crippen molar-refractivity contribution in [2.24, 2.45) is 5.92 Å². The van der Waals surface area contributed by atoms with Gasteiger partial charge >= 0.3 is 0 Å². The average molecular weight is 203 g/mol. The van der Waals surface area contributed by atoms with E-state index < -0.39 is 0 Å². The number of hydrogen-bond acceptors (Lipinski definition) is 1. The molecule has 0 heterocycles.